The van der Waals surface area contributed by atoms with Crippen LogP contribution in [0.4, 0.5) is 5.69 Å². The monoisotopic (exact) mass is 307 g/mol. The van der Waals surface area contributed by atoms with E-state index in [1.165, 1.54) is 7.05 Å². The van der Waals surface area contributed by atoms with Crippen molar-refractivity contribution in [1.29, 1.82) is 0 Å². The normalized spacial score (nSPS) is 10.7. The van der Waals surface area contributed by atoms with Crippen LogP contribution in [-0.2, 0) is 6.54 Å². The number of carbonyl (C=O) groups is 1. The average molecular weight is 307 g/mol. The molecule has 0 aliphatic heterocycles. The van der Waals surface area contributed by atoms with Crippen molar-refractivity contribution in [2.75, 3.05) is 12.8 Å². The third kappa shape index (κ3) is 2.68. The van der Waals surface area contributed by atoms with E-state index in [2.05, 4.69) is 5.32 Å². The molecule has 1 amide bonds. The molecule has 0 fully saturated rings. The molecule has 0 saturated carbocycles. The van der Waals surface area contributed by atoms with Crippen molar-refractivity contribution in [1.82, 2.24) is 9.88 Å². The Balaban J connectivity index is 2.28. The lowest BCUT2D eigenvalue weighted by molar-refractivity contribution is 0.0961. The molecule has 0 spiro atoms. The summed E-state index contributed by atoms with van der Waals surface area (Å²) in [6.07, 6.45) is 1.59. The standard InChI is InChI=1S/C18H17N3O2/c1-20-18(23)13-11-21(10-12-6-3-2-4-7-12)15-9-5-8-14(19)16(15)17(13)22/h2-9,11H,10,19H2,1H3,(H,20,23). The van der Waals surface area contributed by atoms with Crippen LogP contribution in [0, 0.1) is 0 Å². The number of hydrogen-bond acceptors (Lipinski definition) is 3. The van der Waals surface area contributed by atoms with E-state index >= 15 is 0 Å². The molecule has 0 bridgehead atoms. The van der Waals surface area contributed by atoms with E-state index < -0.39 is 5.91 Å². The molecular formula is C18H17N3O2. The number of pyridine rings is 1. The molecule has 3 N–H and O–H groups in total. The molecule has 0 saturated heterocycles. The molecule has 23 heavy (non-hydrogen) atoms. The van der Waals surface area contributed by atoms with Gasteiger partial charge in [-0.2, -0.15) is 0 Å². The second-order valence-electron chi connectivity index (χ2n) is 5.31. The predicted octanol–water partition coefficient (Wildman–Crippen LogP) is 1.99. The maximum absolute atomic E-state index is 12.6. The van der Waals surface area contributed by atoms with E-state index in [0.717, 1.165) is 5.56 Å². The average Bonchev–Trinajstić information content (AvgIpc) is 2.57. The lowest BCUT2D eigenvalue weighted by atomic mass is 10.1. The van der Waals surface area contributed by atoms with Gasteiger partial charge in [-0.05, 0) is 17.7 Å². The molecule has 0 aliphatic carbocycles. The van der Waals surface area contributed by atoms with Gasteiger partial charge in [-0.25, -0.2) is 0 Å². The Bertz CT molecular complexity index is 930. The molecule has 0 atom stereocenters. The topological polar surface area (TPSA) is 77.1 Å². The van der Waals surface area contributed by atoms with Crippen molar-refractivity contribution >= 4 is 22.5 Å². The smallest absolute Gasteiger partial charge is 0.256 e. The van der Waals surface area contributed by atoms with Crippen LogP contribution < -0.4 is 16.5 Å². The molecule has 1 aromatic heterocycles. The Hall–Kier alpha value is -3.08. The van der Waals surface area contributed by atoms with Gasteiger partial charge in [0.05, 0.1) is 10.9 Å². The molecule has 0 aliphatic rings. The van der Waals surface area contributed by atoms with E-state index in [0.29, 0.717) is 23.1 Å². The van der Waals surface area contributed by atoms with Crippen LogP contribution in [0.1, 0.15) is 15.9 Å². The molecule has 0 unspecified atom stereocenters. The number of hydrogen-bond donors (Lipinski definition) is 2. The fourth-order valence-corrected chi connectivity index (χ4v) is 2.67. The van der Waals surface area contributed by atoms with Gasteiger partial charge < -0.3 is 15.6 Å². The number of carbonyl (C=O) groups excluding carboxylic acids is 1. The highest BCUT2D eigenvalue weighted by atomic mass is 16.2. The van der Waals surface area contributed by atoms with Gasteiger partial charge in [0, 0.05) is 25.5 Å². The summed E-state index contributed by atoms with van der Waals surface area (Å²) in [5.74, 6) is -0.415. The zero-order valence-electron chi connectivity index (χ0n) is 12.7. The Morgan fingerprint density at radius 3 is 2.57 bits per heavy atom. The van der Waals surface area contributed by atoms with Crippen molar-refractivity contribution in [3.8, 4) is 0 Å². The van der Waals surface area contributed by atoms with Crippen LogP contribution in [0.5, 0.6) is 0 Å². The first-order valence-electron chi connectivity index (χ1n) is 7.29. The Morgan fingerprint density at radius 1 is 1.13 bits per heavy atom. The van der Waals surface area contributed by atoms with Crippen molar-refractivity contribution < 1.29 is 4.79 Å². The summed E-state index contributed by atoms with van der Waals surface area (Å²) in [4.78, 5) is 24.6. The van der Waals surface area contributed by atoms with Gasteiger partial charge in [0.1, 0.15) is 5.56 Å². The Morgan fingerprint density at radius 2 is 1.87 bits per heavy atom. The number of nitrogens with one attached hydrogen (secondary N) is 1. The number of aromatic nitrogens is 1. The van der Waals surface area contributed by atoms with Gasteiger partial charge in [-0.15, -0.1) is 0 Å². The van der Waals surface area contributed by atoms with Gasteiger partial charge in [0.15, 0.2) is 0 Å². The minimum Gasteiger partial charge on any atom is -0.398 e. The first-order chi connectivity index (χ1) is 11.1. The van der Waals surface area contributed by atoms with Crippen LogP contribution in [-0.4, -0.2) is 17.5 Å². The maximum Gasteiger partial charge on any atom is 0.256 e. The number of nitrogens with two attached hydrogens (primary N) is 1. The van der Waals surface area contributed by atoms with E-state index in [1.54, 1.807) is 18.3 Å². The van der Waals surface area contributed by atoms with Crippen LogP contribution >= 0.6 is 0 Å². The summed E-state index contributed by atoms with van der Waals surface area (Å²) < 4.78 is 1.88. The SMILES string of the molecule is CNC(=O)c1cn(Cc2ccccc2)c2cccc(N)c2c1=O. The highest BCUT2D eigenvalue weighted by Gasteiger charge is 2.16. The molecule has 2 aromatic carbocycles. The zero-order chi connectivity index (χ0) is 16.4. The molecule has 1 heterocycles. The zero-order valence-corrected chi connectivity index (χ0v) is 12.7. The van der Waals surface area contributed by atoms with Crippen molar-refractivity contribution in [2.24, 2.45) is 0 Å². The minimum atomic E-state index is -0.415. The molecule has 116 valence electrons. The van der Waals surface area contributed by atoms with E-state index in [4.69, 9.17) is 5.73 Å². The van der Waals surface area contributed by atoms with Crippen LogP contribution in [0.15, 0.2) is 59.5 Å². The van der Waals surface area contributed by atoms with E-state index in [-0.39, 0.29) is 11.0 Å². The lowest BCUT2D eigenvalue weighted by Crippen LogP contribution is -2.27. The first-order valence-corrected chi connectivity index (χ1v) is 7.29. The molecule has 3 aromatic rings. The summed E-state index contributed by atoms with van der Waals surface area (Å²) in [5, 5.41) is 2.88. The van der Waals surface area contributed by atoms with Crippen molar-refractivity contribution in [3.05, 3.63) is 76.1 Å². The summed E-state index contributed by atoms with van der Waals surface area (Å²) >= 11 is 0. The molecular weight excluding hydrogens is 290 g/mol. The van der Waals surface area contributed by atoms with Crippen molar-refractivity contribution in [2.45, 2.75) is 6.54 Å². The summed E-state index contributed by atoms with van der Waals surface area (Å²) in [6.45, 7) is 0.547. The minimum absolute atomic E-state index is 0.0915. The largest absolute Gasteiger partial charge is 0.398 e. The van der Waals surface area contributed by atoms with Gasteiger partial charge in [0.25, 0.3) is 5.91 Å². The van der Waals surface area contributed by atoms with Gasteiger partial charge >= 0.3 is 0 Å². The quantitative estimate of drug-likeness (QED) is 0.727. The molecule has 0 radical (unpaired) electrons. The summed E-state index contributed by atoms with van der Waals surface area (Å²) in [5.41, 5.74) is 7.89. The second-order valence-corrected chi connectivity index (χ2v) is 5.31. The van der Waals surface area contributed by atoms with Gasteiger partial charge in [-0.1, -0.05) is 36.4 Å². The number of rotatable bonds is 3. The number of fused-ring (bicyclic) bond motifs is 1. The second kappa shape index (κ2) is 5.96. The van der Waals surface area contributed by atoms with Crippen LogP contribution in [0.3, 0.4) is 0 Å². The molecule has 5 nitrogen and oxygen atoms in total. The number of nitrogen functional groups attached to an aromatic ring is 1. The highest BCUT2D eigenvalue weighted by Crippen LogP contribution is 2.19. The molecule has 5 heteroatoms. The van der Waals surface area contributed by atoms with Gasteiger partial charge in [0.2, 0.25) is 5.43 Å². The maximum atomic E-state index is 12.6. The Kier molecular flexibility index (Phi) is 3.85. The summed E-state index contributed by atoms with van der Waals surface area (Å²) in [7, 11) is 1.50. The fourth-order valence-electron chi connectivity index (χ4n) is 2.67. The first kappa shape index (κ1) is 14.8. The number of amides is 1. The molecule has 3 rings (SSSR count). The van der Waals surface area contributed by atoms with Gasteiger partial charge in [-0.3, -0.25) is 9.59 Å². The lowest BCUT2D eigenvalue weighted by Gasteiger charge is -2.14. The predicted molar refractivity (Wildman–Crippen MR) is 91.6 cm³/mol. The van der Waals surface area contributed by atoms with Crippen LogP contribution in [0.25, 0.3) is 10.9 Å². The van der Waals surface area contributed by atoms with Crippen LogP contribution in [0.2, 0.25) is 0 Å². The third-order valence-corrected chi connectivity index (χ3v) is 3.81. The number of benzene rings is 2. The van der Waals surface area contributed by atoms with E-state index in [9.17, 15) is 9.59 Å². The summed E-state index contributed by atoms with van der Waals surface area (Å²) in [6, 6.07) is 15.2. The van der Waals surface area contributed by atoms with E-state index in [1.807, 2.05) is 41.0 Å². The number of anilines is 1. The van der Waals surface area contributed by atoms with Crippen molar-refractivity contribution in [3.63, 3.8) is 0 Å². The highest BCUT2D eigenvalue weighted by molar-refractivity contribution is 6.00. The third-order valence-electron chi connectivity index (χ3n) is 3.81. The number of nitrogens with zero attached hydrogens (tertiary/aromatic N) is 1. The Labute approximate surface area is 133 Å². The fraction of sp³-hybridized carbons (Fsp3) is 0.111.